The summed E-state index contributed by atoms with van der Waals surface area (Å²) >= 11 is 0. The number of para-hydroxylation sites is 1. The molecule has 25 heavy (non-hydrogen) atoms. The molecule has 128 valence electrons. The SMILES string of the molecule is CN(C)c1cc(CNC(=O)c2ccn(C)c(=O)c2)c2ccccc2n1. The summed E-state index contributed by atoms with van der Waals surface area (Å²) in [6.07, 6.45) is 1.59. The van der Waals surface area contributed by atoms with Crippen molar-refractivity contribution >= 4 is 22.6 Å². The monoisotopic (exact) mass is 336 g/mol. The molecule has 1 aromatic carbocycles. The lowest BCUT2D eigenvalue weighted by molar-refractivity contribution is 0.0950. The zero-order chi connectivity index (χ0) is 18.0. The van der Waals surface area contributed by atoms with Gasteiger partial charge in [-0.3, -0.25) is 9.59 Å². The summed E-state index contributed by atoms with van der Waals surface area (Å²) in [6.45, 7) is 0.359. The molecule has 0 unspecified atom stereocenters. The summed E-state index contributed by atoms with van der Waals surface area (Å²) < 4.78 is 1.43. The van der Waals surface area contributed by atoms with Gasteiger partial charge < -0.3 is 14.8 Å². The topological polar surface area (TPSA) is 67.2 Å². The van der Waals surface area contributed by atoms with E-state index in [2.05, 4.69) is 10.3 Å². The highest BCUT2D eigenvalue weighted by Crippen LogP contribution is 2.22. The van der Waals surface area contributed by atoms with Crippen LogP contribution in [-0.2, 0) is 13.6 Å². The fourth-order valence-corrected chi connectivity index (χ4v) is 2.57. The number of benzene rings is 1. The average molecular weight is 336 g/mol. The Morgan fingerprint density at radius 1 is 1.20 bits per heavy atom. The van der Waals surface area contributed by atoms with Gasteiger partial charge in [0.05, 0.1) is 5.52 Å². The van der Waals surface area contributed by atoms with Crippen LogP contribution in [-0.4, -0.2) is 29.6 Å². The molecule has 1 N–H and O–H groups in total. The second-order valence-corrected chi connectivity index (χ2v) is 6.10. The third-order valence-electron chi connectivity index (χ3n) is 4.05. The molecule has 0 spiro atoms. The zero-order valence-electron chi connectivity index (χ0n) is 14.5. The lowest BCUT2D eigenvalue weighted by atomic mass is 10.1. The van der Waals surface area contributed by atoms with Crippen molar-refractivity contribution in [2.45, 2.75) is 6.54 Å². The standard InChI is InChI=1S/C19H20N4O2/c1-22(2)17-10-14(15-6-4-5-7-16(15)21-17)12-20-19(25)13-8-9-23(3)18(24)11-13/h4-11H,12H2,1-3H3,(H,20,25). The van der Waals surface area contributed by atoms with E-state index in [0.717, 1.165) is 22.3 Å². The number of hydrogen-bond acceptors (Lipinski definition) is 4. The quantitative estimate of drug-likeness (QED) is 0.790. The summed E-state index contributed by atoms with van der Waals surface area (Å²) in [5, 5.41) is 3.88. The second kappa shape index (κ2) is 6.76. The van der Waals surface area contributed by atoms with Gasteiger partial charge in [-0.05, 0) is 23.8 Å². The minimum absolute atomic E-state index is 0.211. The molecule has 6 heteroatoms. The Labute approximate surface area is 145 Å². The number of nitrogens with zero attached hydrogens (tertiary/aromatic N) is 3. The van der Waals surface area contributed by atoms with Crippen LogP contribution >= 0.6 is 0 Å². The molecule has 0 aliphatic carbocycles. The van der Waals surface area contributed by atoms with Gasteiger partial charge in [-0.15, -0.1) is 0 Å². The summed E-state index contributed by atoms with van der Waals surface area (Å²) in [5.74, 6) is 0.557. The lowest BCUT2D eigenvalue weighted by Gasteiger charge is -2.15. The minimum Gasteiger partial charge on any atom is -0.363 e. The number of carbonyl (C=O) groups excluding carboxylic acids is 1. The Morgan fingerprint density at radius 2 is 1.96 bits per heavy atom. The predicted molar refractivity (Wildman–Crippen MR) is 98.9 cm³/mol. The second-order valence-electron chi connectivity index (χ2n) is 6.10. The van der Waals surface area contributed by atoms with Crippen LogP contribution in [0, 0.1) is 0 Å². The first-order valence-corrected chi connectivity index (χ1v) is 7.96. The number of aromatic nitrogens is 2. The van der Waals surface area contributed by atoms with Crippen molar-refractivity contribution in [3.63, 3.8) is 0 Å². The van der Waals surface area contributed by atoms with E-state index >= 15 is 0 Å². The van der Waals surface area contributed by atoms with E-state index in [1.165, 1.54) is 10.6 Å². The van der Waals surface area contributed by atoms with Crippen molar-refractivity contribution in [2.75, 3.05) is 19.0 Å². The molecule has 2 aromatic heterocycles. The fourth-order valence-electron chi connectivity index (χ4n) is 2.57. The van der Waals surface area contributed by atoms with Gasteiger partial charge in [0.25, 0.3) is 11.5 Å². The Morgan fingerprint density at radius 3 is 2.68 bits per heavy atom. The van der Waals surface area contributed by atoms with Crippen LogP contribution in [0.1, 0.15) is 15.9 Å². The Kier molecular flexibility index (Phi) is 4.52. The van der Waals surface area contributed by atoms with Crippen molar-refractivity contribution in [1.29, 1.82) is 0 Å². The van der Waals surface area contributed by atoms with Crippen LogP contribution in [0.2, 0.25) is 0 Å². The molecular weight excluding hydrogens is 316 g/mol. The first kappa shape index (κ1) is 16.7. The number of carbonyl (C=O) groups is 1. The van der Waals surface area contributed by atoms with Crippen LogP contribution in [0.25, 0.3) is 10.9 Å². The average Bonchev–Trinajstić information content (AvgIpc) is 2.61. The molecule has 0 atom stereocenters. The van der Waals surface area contributed by atoms with E-state index in [1.807, 2.05) is 49.3 Å². The lowest BCUT2D eigenvalue weighted by Crippen LogP contribution is -2.26. The smallest absolute Gasteiger partial charge is 0.251 e. The van der Waals surface area contributed by atoms with Crippen molar-refractivity contribution in [2.24, 2.45) is 7.05 Å². The molecule has 0 bridgehead atoms. The molecule has 0 saturated heterocycles. The number of aryl methyl sites for hydroxylation is 1. The Hall–Kier alpha value is -3.15. The summed E-state index contributed by atoms with van der Waals surface area (Å²) in [6, 6.07) is 12.8. The first-order valence-electron chi connectivity index (χ1n) is 7.96. The van der Waals surface area contributed by atoms with Crippen molar-refractivity contribution in [3.05, 3.63) is 70.1 Å². The molecule has 3 rings (SSSR count). The Balaban J connectivity index is 1.88. The molecule has 1 amide bonds. The summed E-state index contributed by atoms with van der Waals surface area (Å²) in [4.78, 5) is 30.6. The number of amides is 1. The highest BCUT2D eigenvalue weighted by molar-refractivity contribution is 5.94. The molecule has 6 nitrogen and oxygen atoms in total. The van der Waals surface area contributed by atoms with E-state index in [9.17, 15) is 9.59 Å². The molecule has 0 aliphatic rings. The maximum atomic E-state index is 12.4. The third-order valence-corrected chi connectivity index (χ3v) is 4.05. The number of fused-ring (bicyclic) bond motifs is 1. The van der Waals surface area contributed by atoms with Gasteiger partial charge in [-0.2, -0.15) is 0 Å². The first-order chi connectivity index (χ1) is 12.0. The molecular formula is C19H20N4O2. The van der Waals surface area contributed by atoms with Gasteiger partial charge in [0.2, 0.25) is 0 Å². The van der Waals surface area contributed by atoms with Gasteiger partial charge in [-0.1, -0.05) is 18.2 Å². The van der Waals surface area contributed by atoms with Gasteiger partial charge in [0.15, 0.2) is 0 Å². The highest BCUT2D eigenvalue weighted by atomic mass is 16.2. The number of rotatable bonds is 4. The molecule has 0 saturated carbocycles. The van der Waals surface area contributed by atoms with E-state index in [0.29, 0.717) is 12.1 Å². The van der Waals surface area contributed by atoms with E-state index in [1.54, 1.807) is 19.3 Å². The van der Waals surface area contributed by atoms with Gasteiger partial charge >= 0.3 is 0 Å². The minimum atomic E-state index is -0.273. The van der Waals surface area contributed by atoms with Gasteiger partial charge in [0, 0.05) is 50.9 Å². The largest absolute Gasteiger partial charge is 0.363 e. The van der Waals surface area contributed by atoms with Gasteiger partial charge in [-0.25, -0.2) is 4.98 Å². The van der Waals surface area contributed by atoms with E-state index < -0.39 is 0 Å². The number of hydrogen-bond donors (Lipinski definition) is 1. The fraction of sp³-hybridized carbons (Fsp3) is 0.211. The van der Waals surface area contributed by atoms with Crippen molar-refractivity contribution in [3.8, 4) is 0 Å². The van der Waals surface area contributed by atoms with Crippen molar-refractivity contribution in [1.82, 2.24) is 14.9 Å². The molecule has 0 radical (unpaired) electrons. The van der Waals surface area contributed by atoms with E-state index in [4.69, 9.17) is 0 Å². The predicted octanol–water partition coefficient (Wildman–Crippen LogP) is 1.93. The molecule has 0 aliphatic heterocycles. The van der Waals surface area contributed by atoms with Crippen LogP contribution < -0.4 is 15.8 Å². The summed E-state index contributed by atoms with van der Waals surface area (Å²) in [7, 11) is 5.51. The number of anilines is 1. The van der Waals surface area contributed by atoms with Crippen LogP contribution in [0.4, 0.5) is 5.82 Å². The van der Waals surface area contributed by atoms with Crippen molar-refractivity contribution < 1.29 is 4.79 Å². The van der Waals surface area contributed by atoms with E-state index in [-0.39, 0.29) is 11.5 Å². The molecule has 3 aromatic rings. The Bertz CT molecular complexity index is 992. The molecule has 0 fully saturated rings. The summed E-state index contributed by atoms with van der Waals surface area (Å²) in [5.41, 5.74) is 2.00. The number of pyridine rings is 2. The highest BCUT2D eigenvalue weighted by Gasteiger charge is 2.10. The van der Waals surface area contributed by atoms with Crippen LogP contribution in [0.3, 0.4) is 0 Å². The maximum Gasteiger partial charge on any atom is 0.251 e. The van der Waals surface area contributed by atoms with Crippen LogP contribution in [0.5, 0.6) is 0 Å². The maximum absolute atomic E-state index is 12.4. The molecule has 2 heterocycles. The normalized spacial score (nSPS) is 10.7. The van der Waals surface area contributed by atoms with Crippen LogP contribution in [0.15, 0.2) is 53.5 Å². The number of nitrogens with one attached hydrogen (secondary N) is 1. The zero-order valence-corrected chi connectivity index (χ0v) is 14.5. The van der Waals surface area contributed by atoms with Gasteiger partial charge in [0.1, 0.15) is 5.82 Å². The third kappa shape index (κ3) is 3.52.